The first-order valence-corrected chi connectivity index (χ1v) is 3.35. The SMILES string of the molecule is Cn1ccnc1-c1ccn[nH]1. The zero-order valence-electron chi connectivity index (χ0n) is 6.15. The molecule has 0 spiro atoms. The Balaban J connectivity index is 2.53. The van der Waals surface area contributed by atoms with Crippen molar-refractivity contribution in [3.8, 4) is 11.5 Å². The van der Waals surface area contributed by atoms with Crippen LogP contribution >= 0.6 is 0 Å². The van der Waals surface area contributed by atoms with E-state index >= 15 is 0 Å². The highest BCUT2D eigenvalue weighted by molar-refractivity contribution is 5.48. The van der Waals surface area contributed by atoms with Gasteiger partial charge in [0, 0.05) is 25.6 Å². The van der Waals surface area contributed by atoms with Gasteiger partial charge in [-0.1, -0.05) is 0 Å². The first-order valence-electron chi connectivity index (χ1n) is 3.35. The summed E-state index contributed by atoms with van der Waals surface area (Å²) in [6.45, 7) is 0. The summed E-state index contributed by atoms with van der Waals surface area (Å²) < 4.78 is 1.94. The smallest absolute Gasteiger partial charge is 0.157 e. The molecule has 0 aliphatic carbocycles. The van der Waals surface area contributed by atoms with E-state index < -0.39 is 0 Å². The lowest BCUT2D eigenvalue weighted by Crippen LogP contribution is -1.90. The van der Waals surface area contributed by atoms with Gasteiger partial charge in [0.15, 0.2) is 5.82 Å². The number of hydrogen-bond acceptors (Lipinski definition) is 2. The fourth-order valence-corrected chi connectivity index (χ4v) is 1.01. The molecule has 0 radical (unpaired) electrons. The Kier molecular flexibility index (Phi) is 1.25. The Labute approximate surface area is 63.9 Å². The van der Waals surface area contributed by atoms with Gasteiger partial charge in [-0.2, -0.15) is 5.10 Å². The second-order valence-electron chi connectivity index (χ2n) is 2.33. The van der Waals surface area contributed by atoms with Crippen molar-refractivity contribution >= 4 is 0 Å². The van der Waals surface area contributed by atoms with Crippen molar-refractivity contribution in [1.82, 2.24) is 19.7 Å². The summed E-state index contributed by atoms with van der Waals surface area (Å²) in [6, 6.07) is 1.89. The number of H-pyrrole nitrogens is 1. The molecule has 1 N–H and O–H groups in total. The van der Waals surface area contributed by atoms with Gasteiger partial charge in [-0.05, 0) is 6.07 Å². The zero-order valence-corrected chi connectivity index (χ0v) is 6.15. The van der Waals surface area contributed by atoms with Crippen molar-refractivity contribution in [1.29, 1.82) is 0 Å². The number of aromatic amines is 1. The number of hydrogen-bond donors (Lipinski definition) is 1. The molecular formula is C7H8N4. The Morgan fingerprint density at radius 3 is 2.91 bits per heavy atom. The Hall–Kier alpha value is -1.58. The molecule has 0 aliphatic rings. The number of imidazole rings is 1. The van der Waals surface area contributed by atoms with Crippen molar-refractivity contribution in [3.63, 3.8) is 0 Å². The van der Waals surface area contributed by atoms with Gasteiger partial charge < -0.3 is 4.57 Å². The van der Waals surface area contributed by atoms with E-state index in [-0.39, 0.29) is 0 Å². The van der Waals surface area contributed by atoms with Gasteiger partial charge in [0.1, 0.15) is 5.69 Å². The van der Waals surface area contributed by atoms with Gasteiger partial charge in [0.25, 0.3) is 0 Å². The maximum atomic E-state index is 4.15. The van der Waals surface area contributed by atoms with Gasteiger partial charge >= 0.3 is 0 Å². The van der Waals surface area contributed by atoms with E-state index in [1.807, 2.05) is 23.9 Å². The Morgan fingerprint density at radius 2 is 2.36 bits per heavy atom. The van der Waals surface area contributed by atoms with E-state index in [1.165, 1.54) is 0 Å². The largest absolute Gasteiger partial charge is 0.333 e. The highest BCUT2D eigenvalue weighted by Crippen LogP contribution is 2.10. The molecule has 4 nitrogen and oxygen atoms in total. The van der Waals surface area contributed by atoms with Gasteiger partial charge in [-0.3, -0.25) is 5.10 Å². The maximum absolute atomic E-state index is 4.15. The van der Waals surface area contributed by atoms with Crippen LogP contribution in [-0.4, -0.2) is 19.7 Å². The third kappa shape index (κ3) is 0.920. The van der Waals surface area contributed by atoms with Crippen LogP contribution in [0.25, 0.3) is 11.5 Å². The molecule has 2 aromatic heterocycles. The van der Waals surface area contributed by atoms with E-state index in [2.05, 4.69) is 15.2 Å². The molecule has 0 aromatic carbocycles. The van der Waals surface area contributed by atoms with E-state index in [1.54, 1.807) is 12.4 Å². The average Bonchev–Trinajstić information content (AvgIpc) is 2.55. The van der Waals surface area contributed by atoms with Crippen LogP contribution in [0.2, 0.25) is 0 Å². The van der Waals surface area contributed by atoms with Crippen LogP contribution < -0.4 is 0 Å². The minimum absolute atomic E-state index is 0.905. The van der Waals surface area contributed by atoms with E-state index in [4.69, 9.17) is 0 Å². The molecule has 0 fully saturated rings. The number of nitrogens with one attached hydrogen (secondary N) is 1. The minimum Gasteiger partial charge on any atom is -0.333 e. The van der Waals surface area contributed by atoms with E-state index in [0.717, 1.165) is 11.5 Å². The van der Waals surface area contributed by atoms with Crippen molar-refractivity contribution in [2.45, 2.75) is 0 Å². The molecule has 2 heterocycles. The number of rotatable bonds is 1. The molecule has 0 atom stereocenters. The summed E-state index contributed by atoms with van der Waals surface area (Å²) in [6.07, 6.45) is 5.37. The maximum Gasteiger partial charge on any atom is 0.157 e. The fourth-order valence-electron chi connectivity index (χ4n) is 1.01. The molecule has 0 amide bonds. The van der Waals surface area contributed by atoms with Crippen LogP contribution in [0.3, 0.4) is 0 Å². The zero-order chi connectivity index (χ0) is 7.68. The van der Waals surface area contributed by atoms with Crippen LogP contribution in [0.15, 0.2) is 24.7 Å². The standard InChI is InChI=1S/C7H8N4/c1-11-5-4-8-7(11)6-2-3-9-10-6/h2-5H,1H3,(H,9,10). The first kappa shape index (κ1) is 6.15. The number of aromatic nitrogens is 4. The Bertz CT molecular complexity index is 333. The van der Waals surface area contributed by atoms with Crippen LogP contribution in [0.4, 0.5) is 0 Å². The van der Waals surface area contributed by atoms with E-state index in [9.17, 15) is 0 Å². The van der Waals surface area contributed by atoms with Gasteiger partial charge in [0.2, 0.25) is 0 Å². The normalized spacial score (nSPS) is 10.3. The van der Waals surface area contributed by atoms with Crippen molar-refractivity contribution in [2.75, 3.05) is 0 Å². The fraction of sp³-hybridized carbons (Fsp3) is 0.143. The molecule has 0 unspecified atom stereocenters. The summed E-state index contributed by atoms with van der Waals surface area (Å²) in [5.74, 6) is 0.905. The molecule has 4 heteroatoms. The topological polar surface area (TPSA) is 46.5 Å². The summed E-state index contributed by atoms with van der Waals surface area (Å²) in [5.41, 5.74) is 0.942. The van der Waals surface area contributed by atoms with Crippen LogP contribution in [-0.2, 0) is 7.05 Å². The number of aryl methyl sites for hydroxylation is 1. The Morgan fingerprint density at radius 1 is 1.45 bits per heavy atom. The third-order valence-electron chi connectivity index (χ3n) is 1.56. The predicted octanol–water partition coefficient (Wildman–Crippen LogP) is 0.810. The summed E-state index contributed by atoms with van der Waals surface area (Å²) in [5, 5.41) is 6.69. The highest BCUT2D eigenvalue weighted by Gasteiger charge is 2.01. The summed E-state index contributed by atoms with van der Waals surface area (Å²) in [7, 11) is 1.95. The minimum atomic E-state index is 0.905. The van der Waals surface area contributed by atoms with Crippen molar-refractivity contribution < 1.29 is 0 Å². The van der Waals surface area contributed by atoms with Gasteiger partial charge in [-0.15, -0.1) is 0 Å². The van der Waals surface area contributed by atoms with E-state index in [0.29, 0.717) is 0 Å². The van der Waals surface area contributed by atoms with Crippen molar-refractivity contribution in [2.24, 2.45) is 7.05 Å². The molecule has 0 saturated carbocycles. The van der Waals surface area contributed by atoms with Crippen LogP contribution in [0, 0.1) is 0 Å². The molecule has 0 saturated heterocycles. The lowest BCUT2D eigenvalue weighted by Gasteiger charge is -1.95. The number of nitrogens with zero attached hydrogens (tertiary/aromatic N) is 3. The average molecular weight is 148 g/mol. The van der Waals surface area contributed by atoms with Gasteiger partial charge in [0.05, 0.1) is 0 Å². The lowest BCUT2D eigenvalue weighted by atomic mass is 10.4. The molecule has 2 rings (SSSR count). The van der Waals surface area contributed by atoms with Crippen LogP contribution in [0.5, 0.6) is 0 Å². The van der Waals surface area contributed by atoms with Crippen molar-refractivity contribution in [3.05, 3.63) is 24.7 Å². The van der Waals surface area contributed by atoms with Gasteiger partial charge in [-0.25, -0.2) is 4.98 Å². The lowest BCUT2D eigenvalue weighted by molar-refractivity contribution is 0.913. The molecule has 11 heavy (non-hydrogen) atoms. The molecule has 2 aromatic rings. The summed E-state index contributed by atoms with van der Waals surface area (Å²) >= 11 is 0. The predicted molar refractivity (Wildman–Crippen MR) is 40.8 cm³/mol. The molecule has 0 bridgehead atoms. The molecule has 0 aliphatic heterocycles. The second kappa shape index (κ2) is 2.23. The second-order valence-corrected chi connectivity index (χ2v) is 2.33. The summed E-state index contributed by atoms with van der Waals surface area (Å²) in [4.78, 5) is 4.15. The molecular weight excluding hydrogens is 140 g/mol. The monoisotopic (exact) mass is 148 g/mol. The quantitative estimate of drug-likeness (QED) is 0.650. The third-order valence-corrected chi connectivity index (χ3v) is 1.56. The highest BCUT2D eigenvalue weighted by atomic mass is 15.1. The molecule has 56 valence electrons. The first-order chi connectivity index (χ1) is 5.38. The van der Waals surface area contributed by atoms with Crippen LogP contribution in [0.1, 0.15) is 0 Å².